The lowest BCUT2D eigenvalue weighted by atomic mass is 10.0. The summed E-state index contributed by atoms with van der Waals surface area (Å²) in [5, 5.41) is -0.181. The van der Waals surface area contributed by atoms with Crippen LogP contribution >= 0.6 is 11.6 Å². The van der Waals surface area contributed by atoms with Crippen molar-refractivity contribution in [3.05, 3.63) is 12.2 Å². The molecule has 0 aliphatic rings. The van der Waals surface area contributed by atoms with Crippen LogP contribution in [0.25, 0.3) is 0 Å². The van der Waals surface area contributed by atoms with Gasteiger partial charge in [-0.3, -0.25) is 4.79 Å². The molecule has 0 atom stereocenters. The van der Waals surface area contributed by atoms with E-state index in [1.807, 2.05) is 0 Å². The Labute approximate surface area is 163 Å². The van der Waals surface area contributed by atoms with Crippen molar-refractivity contribution in [2.45, 2.75) is 129 Å². The van der Waals surface area contributed by atoms with E-state index < -0.39 is 0 Å². The normalized spacial score (nSPS) is 11.4. The van der Waals surface area contributed by atoms with Crippen LogP contribution < -0.4 is 0 Å². The molecule has 0 saturated carbocycles. The molecule has 0 aromatic rings. The predicted octanol–water partition coefficient (Wildman–Crippen LogP) is 8.74. The number of unbranched alkanes of at least 4 members (excludes halogenated alkanes) is 16. The molecule has 0 spiro atoms. The van der Waals surface area contributed by atoms with Gasteiger partial charge < -0.3 is 0 Å². The van der Waals surface area contributed by atoms with Gasteiger partial charge >= 0.3 is 0 Å². The summed E-state index contributed by atoms with van der Waals surface area (Å²) in [5.41, 5.74) is 0. The number of halogens is 1. The minimum Gasteiger partial charge on any atom is -0.281 e. The highest BCUT2D eigenvalue weighted by molar-refractivity contribution is 6.63. The summed E-state index contributed by atoms with van der Waals surface area (Å²) < 4.78 is 0. The van der Waals surface area contributed by atoms with Crippen LogP contribution in [-0.2, 0) is 4.79 Å². The van der Waals surface area contributed by atoms with Gasteiger partial charge in [0.2, 0.25) is 5.24 Å². The molecule has 0 aliphatic heterocycles. The van der Waals surface area contributed by atoms with Gasteiger partial charge in [-0.15, -0.1) is 0 Å². The van der Waals surface area contributed by atoms with E-state index in [1.165, 1.54) is 103 Å². The molecule has 0 fully saturated rings. The Morgan fingerprint density at radius 2 is 0.960 bits per heavy atom. The molecule has 0 amide bonds. The second-order valence-corrected chi connectivity index (χ2v) is 7.88. The molecule has 0 bridgehead atoms. The molecule has 0 saturated heterocycles. The fraction of sp³-hybridized carbons (Fsp3) is 0.870. The second-order valence-electron chi connectivity index (χ2n) is 7.46. The predicted molar refractivity (Wildman–Crippen MR) is 113 cm³/mol. The van der Waals surface area contributed by atoms with E-state index in [9.17, 15) is 4.79 Å². The monoisotopic (exact) mass is 370 g/mol. The number of carbonyl (C=O) groups excluding carboxylic acids is 1. The molecular weight excluding hydrogens is 328 g/mol. The number of rotatable bonds is 20. The zero-order valence-corrected chi connectivity index (χ0v) is 17.6. The van der Waals surface area contributed by atoms with Crippen molar-refractivity contribution >= 4 is 16.8 Å². The molecule has 0 aromatic carbocycles. The van der Waals surface area contributed by atoms with E-state index in [0.717, 1.165) is 12.8 Å². The van der Waals surface area contributed by atoms with Gasteiger partial charge in [-0.05, 0) is 37.3 Å². The van der Waals surface area contributed by atoms with Crippen molar-refractivity contribution in [1.82, 2.24) is 0 Å². The van der Waals surface area contributed by atoms with Crippen molar-refractivity contribution < 1.29 is 4.79 Å². The highest BCUT2D eigenvalue weighted by Gasteiger charge is 1.96. The molecular formula is C23H43ClO. The molecule has 2 heteroatoms. The number of allylic oxidation sites excluding steroid dienone is 2. The largest absolute Gasteiger partial charge is 0.281 e. The maximum absolute atomic E-state index is 10.6. The van der Waals surface area contributed by atoms with Gasteiger partial charge in [-0.2, -0.15) is 0 Å². The van der Waals surface area contributed by atoms with E-state index in [2.05, 4.69) is 19.1 Å². The summed E-state index contributed by atoms with van der Waals surface area (Å²) >= 11 is 5.32. The van der Waals surface area contributed by atoms with Gasteiger partial charge in [0.05, 0.1) is 0 Å². The van der Waals surface area contributed by atoms with Crippen LogP contribution in [-0.4, -0.2) is 5.24 Å². The van der Waals surface area contributed by atoms with Crippen LogP contribution in [0.1, 0.15) is 129 Å². The molecule has 0 aromatic heterocycles. The Bertz CT molecular complexity index is 298. The van der Waals surface area contributed by atoms with Gasteiger partial charge in [0, 0.05) is 6.42 Å². The highest BCUT2D eigenvalue weighted by atomic mass is 35.5. The molecule has 0 radical (unpaired) electrons. The summed E-state index contributed by atoms with van der Waals surface area (Å²) in [5.74, 6) is 0. The molecule has 0 rings (SSSR count). The third-order valence-corrected chi connectivity index (χ3v) is 5.07. The van der Waals surface area contributed by atoms with Crippen LogP contribution in [0.5, 0.6) is 0 Å². The van der Waals surface area contributed by atoms with E-state index in [0.29, 0.717) is 6.42 Å². The van der Waals surface area contributed by atoms with Gasteiger partial charge in [-0.1, -0.05) is 109 Å². The van der Waals surface area contributed by atoms with Gasteiger partial charge in [0.1, 0.15) is 0 Å². The highest BCUT2D eigenvalue weighted by Crippen LogP contribution is 2.14. The molecule has 0 N–H and O–H groups in total. The maximum Gasteiger partial charge on any atom is 0.221 e. The summed E-state index contributed by atoms with van der Waals surface area (Å²) in [7, 11) is 0. The smallest absolute Gasteiger partial charge is 0.221 e. The third-order valence-electron chi connectivity index (χ3n) is 4.89. The first kappa shape index (κ1) is 24.7. The lowest BCUT2D eigenvalue weighted by Gasteiger charge is -2.03. The Balaban J connectivity index is 3.03. The van der Waals surface area contributed by atoms with Crippen molar-refractivity contribution in [3.8, 4) is 0 Å². The molecule has 1 nitrogen and oxygen atoms in total. The third kappa shape index (κ3) is 23.7. The van der Waals surface area contributed by atoms with E-state index in [1.54, 1.807) is 0 Å². The maximum atomic E-state index is 10.6. The van der Waals surface area contributed by atoms with Crippen molar-refractivity contribution in [1.29, 1.82) is 0 Å². The average Bonchev–Trinajstić information content (AvgIpc) is 2.60. The first-order valence-electron chi connectivity index (χ1n) is 11.1. The zero-order chi connectivity index (χ0) is 18.4. The average molecular weight is 371 g/mol. The summed E-state index contributed by atoms with van der Waals surface area (Å²) in [6, 6.07) is 0. The van der Waals surface area contributed by atoms with Crippen molar-refractivity contribution in [2.75, 3.05) is 0 Å². The topological polar surface area (TPSA) is 17.1 Å². The lowest BCUT2D eigenvalue weighted by molar-refractivity contribution is -0.111. The summed E-state index contributed by atoms with van der Waals surface area (Å²) in [4.78, 5) is 10.6. The van der Waals surface area contributed by atoms with E-state index in [-0.39, 0.29) is 5.24 Å². The SMILES string of the molecule is CCCC/C=C/CCCCCCCCCCCCCCCCC(=O)Cl. The zero-order valence-electron chi connectivity index (χ0n) is 16.9. The standard InChI is InChI=1S/C23H43ClO/c1-2-3-4-5-6-7-8-9-10-11-12-13-14-15-16-17-18-19-20-21-22-23(24)25/h5-6H,2-4,7-22H2,1H3/b6-5+. The van der Waals surface area contributed by atoms with Crippen molar-refractivity contribution in [3.63, 3.8) is 0 Å². The number of hydrogen-bond donors (Lipinski definition) is 0. The van der Waals surface area contributed by atoms with Crippen LogP contribution in [0.3, 0.4) is 0 Å². The van der Waals surface area contributed by atoms with Crippen LogP contribution in [0.4, 0.5) is 0 Å². The minimum absolute atomic E-state index is 0.181. The first-order chi connectivity index (χ1) is 12.3. The van der Waals surface area contributed by atoms with Crippen molar-refractivity contribution in [2.24, 2.45) is 0 Å². The molecule has 0 heterocycles. The Morgan fingerprint density at radius 3 is 1.36 bits per heavy atom. The van der Waals surface area contributed by atoms with Gasteiger partial charge in [-0.25, -0.2) is 0 Å². The summed E-state index contributed by atoms with van der Waals surface area (Å²) in [6.45, 7) is 2.25. The van der Waals surface area contributed by atoms with Crippen LogP contribution in [0, 0.1) is 0 Å². The Hall–Kier alpha value is -0.300. The fourth-order valence-corrected chi connectivity index (χ4v) is 3.34. The fourth-order valence-electron chi connectivity index (χ4n) is 3.21. The summed E-state index contributed by atoms with van der Waals surface area (Å²) in [6.07, 6.45) is 29.3. The van der Waals surface area contributed by atoms with Crippen LogP contribution in [0.2, 0.25) is 0 Å². The number of hydrogen-bond acceptors (Lipinski definition) is 1. The molecule has 0 aliphatic carbocycles. The quantitative estimate of drug-likeness (QED) is 0.119. The molecule has 0 unspecified atom stereocenters. The Kier molecular flexibility index (Phi) is 21.5. The molecule has 148 valence electrons. The Morgan fingerprint density at radius 1 is 0.600 bits per heavy atom. The first-order valence-corrected chi connectivity index (χ1v) is 11.5. The van der Waals surface area contributed by atoms with Gasteiger partial charge in [0.15, 0.2) is 0 Å². The molecule has 25 heavy (non-hydrogen) atoms. The lowest BCUT2D eigenvalue weighted by Crippen LogP contribution is -1.86. The number of carbonyl (C=O) groups is 1. The van der Waals surface area contributed by atoms with Gasteiger partial charge in [0.25, 0.3) is 0 Å². The second kappa shape index (κ2) is 21.7. The van der Waals surface area contributed by atoms with E-state index >= 15 is 0 Å². The minimum atomic E-state index is -0.181. The van der Waals surface area contributed by atoms with Crippen LogP contribution in [0.15, 0.2) is 12.2 Å². The van der Waals surface area contributed by atoms with E-state index in [4.69, 9.17) is 11.6 Å².